The maximum Gasteiger partial charge on any atom is 0.306 e. The second-order valence-corrected chi connectivity index (χ2v) is 15.2. The Kier molecular flexibility index (Phi) is 10.5. The van der Waals surface area contributed by atoms with Crippen molar-refractivity contribution in [3.63, 3.8) is 0 Å². The lowest BCUT2D eigenvalue weighted by atomic mass is 9.47. The molecule has 0 aromatic heterocycles. The fraction of sp³-hybridized carbons (Fsp3) is 0.886. The number of ether oxygens (including phenoxy) is 2. The summed E-state index contributed by atoms with van der Waals surface area (Å²) < 4.78 is 11.1. The minimum atomic E-state index is -0.320. The van der Waals surface area contributed by atoms with Crippen molar-refractivity contribution < 1.29 is 19.1 Å². The van der Waals surface area contributed by atoms with Crippen LogP contribution in [0.2, 0.25) is 0 Å². The quantitative estimate of drug-likeness (QED) is 0.181. The summed E-state index contributed by atoms with van der Waals surface area (Å²) in [4.78, 5) is 26.5. The van der Waals surface area contributed by atoms with Gasteiger partial charge in [-0.2, -0.15) is 0 Å². The Hall–Kier alpha value is -1.36. The topological polar surface area (TPSA) is 55.8 Å². The number of hydrogen-bond acceptors (Lipinski definition) is 5. The van der Waals surface area contributed by atoms with E-state index < -0.39 is 0 Å². The van der Waals surface area contributed by atoms with Gasteiger partial charge in [0.05, 0.1) is 12.8 Å². The molecule has 3 saturated carbocycles. The van der Waals surface area contributed by atoms with Gasteiger partial charge in [-0.05, 0) is 105 Å². The largest absolute Gasteiger partial charge is 0.464 e. The Labute approximate surface area is 245 Å². The summed E-state index contributed by atoms with van der Waals surface area (Å²) in [5.41, 5.74) is 2.31. The van der Waals surface area contributed by atoms with Crippen molar-refractivity contribution in [3.8, 4) is 0 Å². The Balaban J connectivity index is 1.30. The lowest BCUT2D eigenvalue weighted by Gasteiger charge is -2.58. The van der Waals surface area contributed by atoms with Gasteiger partial charge < -0.3 is 14.4 Å². The standard InChI is InChI=1S/C35H59NO4/c1-24(2)9-8-10-25(3)29-13-14-30-28-12-11-26-23-27(17-19-34(26,4)31(28)18-20-35(29,30)5)40-33(38)16-15-32(37)39-22-21-36(6)7/h11,24-25,27-31H,8-10,12-23H2,1-7H3/t25-,27+,28+,29-,30+,31+,34+,35-/m1/s1. The number of likely N-dealkylation sites (N-methyl/N-ethyl adjacent to an activating group) is 1. The van der Waals surface area contributed by atoms with Crippen molar-refractivity contribution in [2.75, 3.05) is 27.2 Å². The Morgan fingerprint density at radius 2 is 1.73 bits per heavy atom. The molecule has 0 saturated heterocycles. The number of rotatable bonds is 12. The minimum absolute atomic E-state index is 0.0513. The third-order valence-electron chi connectivity index (χ3n) is 11.9. The first-order valence-electron chi connectivity index (χ1n) is 16.6. The number of carbonyl (C=O) groups excluding carboxylic acids is 2. The average molecular weight is 558 g/mol. The van der Waals surface area contributed by atoms with E-state index in [0.717, 1.165) is 54.8 Å². The van der Waals surface area contributed by atoms with E-state index in [4.69, 9.17) is 9.47 Å². The first-order valence-corrected chi connectivity index (χ1v) is 16.6. The van der Waals surface area contributed by atoms with Crippen LogP contribution in [-0.4, -0.2) is 50.2 Å². The SMILES string of the molecule is CC(C)CCC[C@@H](C)[C@H]1CC[C@H]2[C@@H]3CC=C4C[C@@H](OC(=O)CCC(=O)OCCN(C)C)CC[C@]4(C)[C@H]3CC[C@]12C. The van der Waals surface area contributed by atoms with Crippen LogP contribution in [-0.2, 0) is 19.1 Å². The van der Waals surface area contributed by atoms with Crippen LogP contribution in [0, 0.1) is 46.3 Å². The molecular formula is C35H59NO4. The molecule has 0 heterocycles. The smallest absolute Gasteiger partial charge is 0.306 e. The van der Waals surface area contributed by atoms with Gasteiger partial charge in [-0.3, -0.25) is 9.59 Å². The third-order valence-corrected chi connectivity index (χ3v) is 11.9. The van der Waals surface area contributed by atoms with Crippen molar-refractivity contribution in [2.45, 2.75) is 124 Å². The summed E-state index contributed by atoms with van der Waals surface area (Å²) in [5.74, 6) is 4.43. The molecule has 0 aromatic rings. The van der Waals surface area contributed by atoms with E-state index in [1.807, 2.05) is 19.0 Å². The highest BCUT2D eigenvalue weighted by molar-refractivity contribution is 5.77. The molecule has 0 unspecified atom stereocenters. The van der Waals surface area contributed by atoms with E-state index in [1.54, 1.807) is 5.57 Å². The highest BCUT2D eigenvalue weighted by atomic mass is 16.5. The maximum atomic E-state index is 12.6. The average Bonchev–Trinajstić information content (AvgIpc) is 3.24. The Bertz CT molecular complexity index is 911. The molecule has 0 spiro atoms. The Morgan fingerprint density at radius 1 is 0.975 bits per heavy atom. The van der Waals surface area contributed by atoms with Gasteiger partial charge in [0, 0.05) is 13.0 Å². The van der Waals surface area contributed by atoms with Crippen LogP contribution in [0.1, 0.15) is 118 Å². The molecule has 0 radical (unpaired) electrons. The maximum absolute atomic E-state index is 12.6. The monoisotopic (exact) mass is 557 g/mol. The number of hydrogen-bond donors (Lipinski definition) is 0. The van der Waals surface area contributed by atoms with E-state index in [2.05, 4.69) is 40.7 Å². The molecule has 0 aliphatic heterocycles. The second-order valence-electron chi connectivity index (χ2n) is 15.2. The molecule has 0 aromatic carbocycles. The molecule has 0 bridgehead atoms. The zero-order chi connectivity index (χ0) is 29.1. The molecule has 0 amide bonds. The van der Waals surface area contributed by atoms with Gasteiger partial charge in [0.15, 0.2) is 0 Å². The highest BCUT2D eigenvalue weighted by Crippen LogP contribution is 2.67. The molecule has 4 aliphatic carbocycles. The van der Waals surface area contributed by atoms with Crippen LogP contribution in [0.25, 0.3) is 0 Å². The number of fused-ring (bicyclic) bond motifs is 5. The van der Waals surface area contributed by atoms with Crippen LogP contribution in [0.4, 0.5) is 0 Å². The van der Waals surface area contributed by atoms with Crippen molar-refractivity contribution in [3.05, 3.63) is 11.6 Å². The molecule has 8 atom stereocenters. The van der Waals surface area contributed by atoms with Gasteiger partial charge in [0.25, 0.3) is 0 Å². The summed E-state index contributed by atoms with van der Waals surface area (Å²) in [6.45, 7) is 13.5. The number of carbonyl (C=O) groups is 2. The van der Waals surface area contributed by atoms with Crippen molar-refractivity contribution >= 4 is 11.9 Å². The van der Waals surface area contributed by atoms with Gasteiger partial charge in [-0.15, -0.1) is 0 Å². The predicted molar refractivity (Wildman–Crippen MR) is 162 cm³/mol. The molecule has 228 valence electrons. The van der Waals surface area contributed by atoms with E-state index >= 15 is 0 Å². The summed E-state index contributed by atoms with van der Waals surface area (Å²) in [6.07, 6.45) is 16.6. The Morgan fingerprint density at radius 3 is 2.45 bits per heavy atom. The number of allylic oxidation sites excluding steroid dienone is 1. The first-order chi connectivity index (χ1) is 18.9. The van der Waals surface area contributed by atoms with E-state index in [-0.39, 0.29) is 36.3 Å². The van der Waals surface area contributed by atoms with Gasteiger partial charge in [0.1, 0.15) is 12.7 Å². The molecule has 3 fully saturated rings. The van der Waals surface area contributed by atoms with Crippen LogP contribution >= 0.6 is 0 Å². The van der Waals surface area contributed by atoms with Crippen molar-refractivity contribution in [2.24, 2.45) is 46.3 Å². The van der Waals surface area contributed by atoms with E-state index in [1.165, 1.54) is 51.4 Å². The fourth-order valence-electron chi connectivity index (χ4n) is 9.62. The fourth-order valence-corrected chi connectivity index (χ4v) is 9.62. The van der Waals surface area contributed by atoms with E-state index in [0.29, 0.717) is 18.6 Å². The second kappa shape index (κ2) is 13.3. The van der Waals surface area contributed by atoms with Gasteiger partial charge in [0.2, 0.25) is 0 Å². The van der Waals surface area contributed by atoms with Crippen LogP contribution in [0.5, 0.6) is 0 Å². The van der Waals surface area contributed by atoms with Crippen LogP contribution < -0.4 is 0 Å². The predicted octanol–water partition coefficient (Wildman–Crippen LogP) is 7.82. The molecule has 4 rings (SSSR count). The molecule has 4 aliphatic rings. The zero-order valence-corrected chi connectivity index (χ0v) is 26.8. The highest BCUT2D eigenvalue weighted by Gasteiger charge is 2.59. The summed E-state index contributed by atoms with van der Waals surface area (Å²) in [5, 5.41) is 0. The van der Waals surface area contributed by atoms with E-state index in [9.17, 15) is 9.59 Å². The number of nitrogens with zero attached hydrogens (tertiary/aromatic N) is 1. The molecule has 40 heavy (non-hydrogen) atoms. The van der Waals surface area contributed by atoms with Gasteiger partial charge in [-0.1, -0.05) is 65.5 Å². The van der Waals surface area contributed by atoms with Crippen molar-refractivity contribution in [1.82, 2.24) is 4.90 Å². The first kappa shape index (κ1) is 31.6. The zero-order valence-electron chi connectivity index (χ0n) is 26.8. The molecular weight excluding hydrogens is 498 g/mol. The lowest BCUT2D eigenvalue weighted by Crippen LogP contribution is -2.51. The molecule has 0 N–H and O–H groups in total. The summed E-state index contributed by atoms with van der Waals surface area (Å²) in [7, 11) is 3.88. The normalized spacial score (nSPS) is 35.9. The third kappa shape index (κ3) is 6.98. The van der Waals surface area contributed by atoms with Gasteiger partial charge in [-0.25, -0.2) is 0 Å². The summed E-state index contributed by atoms with van der Waals surface area (Å²) in [6, 6.07) is 0. The van der Waals surface area contributed by atoms with Crippen LogP contribution in [0.15, 0.2) is 11.6 Å². The molecule has 5 heteroatoms. The van der Waals surface area contributed by atoms with Gasteiger partial charge >= 0.3 is 11.9 Å². The minimum Gasteiger partial charge on any atom is -0.464 e. The summed E-state index contributed by atoms with van der Waals surface area (Å²) >= 11 is 0. The molecule has 5 nitrogen and oxygen atoms in total. The van der Waals surface area contributed by atoms with Crippen molar-refractivity contribution in [1.29, 1.82) is 0 Å². The number of esters is 2. The van der Waals surface area contributed by atoms with Crippen LogP contribution in [0.3, 0.4) is 0 Å². The lowest BCUT2D eigenvalue weighted by molar-refractivity contribution is -0.155.